The second-order valence-electron chi connectivity index (χ2n) is 6.40. The van der Waals surface area contributed by atoms with E-state index in [0.717, 1.165) is 35.2 Å². The van der Waals surface area contributed by atoms with Gasteiger partial charge in [0.15, 0.2) is 0 Å². The molecule has 0 saturated heterocycles. The highest BCUT2D eigenvalue weighted by Crippen LogP contribution is 2.24. The molecule has 1 aliphatic rings. The van der Waals surface area contributed by atoms with Gasteiger partial charge in [-0.2, -0.15) is 11.3 Å². The van der Waals surface area contributed by atoms with Gasteiger partial charge in [0.05, 0.1) is 5.69 Å². The molecule has 1 aliphatic carbocycles. The molecule has 0 atom stereocenters. The molecule has 2 heterocycles. The zero-order valence-corrected chi connectivity index (χ0v) is 14.8. The van der Waals surface area contributed by atoms with Crippen molar-refractivity contribution in [1.29, 1.82) is 0 Å². The molecule has 1 aromatic carbocycles. The molecule has 2 aromatic heterocycles. The first-order valence-corrected chi connectivity index (χ1v) is 9.62. The summed E-state index contributed by atoms with van der Waals surface area (Å²) >= 11 is 1.65. The number of amides is 1. The molecule has 1 amide bonds. The van der Waals surface area contributed by atoms with Gasteiger partial charge in [0.2, 0.25) is 0 Å². The van der Waals surface area contributed by atoms with Crippen molar-refractivity contribution in [2.75, 3.05) is 0 Å². The number of carbonyl (C=O) groups is 1. The summed E-state index contributed by atoms with van der Waals surface area (Å²) in [6.07, 6.45) is 6.49. The number of thiophene rings is 1. The highest BCUT2D eigenvalue weighted by molar-refractivity contribution is 7.08. The lowest BCUT2D eigenvalue weighted by molar-refractivity contribution is 0.0951. The number of benzene rings is 1. The Morgan fingerprint density at radius 1 is 1.12 bits per heavy atom. The summed E-state index contributed by atoms with van der Waals surface area (Å²) in [7, 11) is 0. The smallest absolute Gasteiger partial charge is 0.251 e. The lowest BCUT2D eigenvalue weighted by Crippen LogP contribution is -2.23. The Morgan fingerprint density at radius 2 is 2.00 bits per heavy atom. The van der Waals surface area contributed by atoms with Crippen LogP contribution in [0.4, 0.5) is 0 Å². The van der Waals surface area contributed by atoms with Crippen molar-refractivity contribution in [3.63, 3.8) is 0 Å². The Kier molecular flexibility index (Phi) is 4.61. The first-order valence-electron chi connectivity index (χ1n) is 8.68. The molecule has 0 aliphatic heterocycles. The van der Waals surface area contributed by atoms with Gasteiger partial charge in [-0.15, -0.1) is 0 Å². The number of nitrogens with one attached hydrogen (secondary N) is 1. The van der Waals surface area contributed by atoms with Gasteiger partial charge in [0.1, 0.15) is 0 Å². The molecule has 126 valence electrons. The van der Waals surface area contributed by atoms with Crippen LogP contribution in [0.2, 0.25) is 0 Å². The molecule has 4 rings (SSSR count). The quantitative estimate of drug-likeness (QED) is 0.747. The summed E-state index contributed by atoms with van der Waals surface area (Å²) in [4.78, 5) is 17.1. The highest BCUT2D eigenvalue weighted by atomic mass is 32.1. The third-order valence-electron chi connectivity index (χ3n) is 4.74. The summed E-state index contributed by atoms with van der Waals surface area (Å²) in [6.45, 7) is 0.481. The van der Waals surface area contributed by atoms with Crippen molar-refractivity contribution in [2.24, 2.45) is 0 Å². The maximum Gasteiger partial charge on any atom is 0.251 e. The number of fused-ring (bicyclic) bond motifs is 1. The fraction of sp³-hybridized carbons (Fsp3) is 0.238. The zero-order chi connectivity index (χ0) is 17.1. The van der Waals surface area contributed by atoms with Gasteiger partial charge >= 0.3 is 0 Å². The second-order valence-corrected chi connectivity index (χ2v) is 7.18. The highest BCUT2D eigenvalue weighted by Gasteiger charge is 2.13. The van der Waals surface area contributed by atoms with E-state index in [1.807, 2.05) is 23.6 Å². The third-order valence-corrected chi connectivity index (χ3v) is 5.42. The molecule has 0 saturated carbocycles. The zero-order valence-electron chi connectivity index (χ0n) is 14.0. The maximum atomic E-state index is 12.6. The van der Waals surface area contributed by atoms with Gasteiger partial charge in [-0.1, -0.05) is 12.1 Å². The van der Waals surface area contributed by atoms with Gasteiger partial charge in [-0.05, 0) is 72.0 Å². The van der Waals surface area contributed by atoms with Gasteiger partial charge in [0.25, 0.3) is 5.91 Å². The van der Waals surface area contributed by atoms with Crippen LogP contribution in [0, 0.1) is 0 Å². The summed E-state index contributed by atoms with van der Waals surface area (Å²) in [5, 5.41) is 7.17. The standard InChI is InChI=1S/C21H20N2OS/c24-21(17-8-7-15-4-1-2-5-16(15)12-17)23-13-18-6-3-10-22-20(18)19-9-11-25-14-19/h3,6-12,14H,1-2,4-5,13H2,(H,23,24). The SMILES string of the molecule is O=C(NCc1cccnc1-c1ccsc1)c1ccc2c(c1)CCCC2. The Balaban J connectivity index is 1.50. The average molecular weight is 348 g/mol. The molecule has 0 unspecified atom stereocenters. The van der Waals surface area contributed by atoms with E-state index in [4.69, 9.17) is 0 Å². The first kappa shape index (κ1) is 16.0. The van der Waals surface area contributed by atoms with Gasteiger partial charge in [-0.25, -0.2) is 0 Å². The van der Waals surface area contributed by atoms with E-state index in [1.165, 1.54) is 24.0 Å². The molecule has 3 nitrogen and oxygen atoms in total. The normalized spacial score (nSPS) is 13.3. The van der Waals surface area contributed by atoms with E-state index in [-0.39, 0.29) is 5.91 Å². The van der Waals surface area contributed by atoms with Crippen LogP contribution in [-0.2, 0) is 19.4 Å². The van der Waals surface area contributed by atoms with Crippen LogP contribution in [-0.4, -0.2) is 10.9 Å². The van der Waals surface area contributed by atoms with Crippen molar-refractivity contribution in [3.8, 4) is 11.3 Å². The second kappa shape index (κ2) is 7.19. The van der Waals surface area contributed by atoms with Crippen LogP contribution >= 0.6 is 11.3 Å². The molecule has 1 N–H and O–H groups in total. The number of aromatic nitrogens is 1. The number of aryl methyl sites for hydroxylation is 2. The van der Waals surface area contributed by atoms with E-state index in [2.05, 4.69) is 33.9 Å². The predicted molar refractivity (Wildman–Crippen MR) is 102 cm³/mol. The van der Waals surface area contributed by atoms with Crippen LogP contribution in [0.15, 0.2) is 53.4 Å². The lowest BCUT2D eigenvalue weighted by atomic mass is 9.90. The van der Waals surface area contributed by atoms with Crippen LogP contribution in [0.1, 0.15) is 39.9 Å². The molecule has 0 radical (unpaired) electrons. The van der Waals surface area contributed by atoms with Crippen LogP contribution in [0.5, 0.6) is 0 Å². The Hall–Kier alpha value is -2.46. The monoisotopic (exact) mass is 348 g/mol. The largest absolute Gasteiger partial charge is 0.348 e. The minimum absolute atomic E-state index is 0.0199. The maximum absolute atomic E-state index is 12.6. The molecule has 4 heteroatoms. The number of nitrogens with zero attached hydrogens (tertiary/aromatic N) is 1. The predicted octanol–water partition coefficient (Wildman–Crippen LogP) is 4.62. The number of carbonyl (C=O) groups excluding carboxylic acids is 1. The Morgan fingerprint density at radius 3 is 2.84 bits per heavy atom. The Bertz CT molecular complexity index is 887. The van der Waals surface area contributed by atoms with Crippen molar-refractivity contribution >= 4 is 17.2 Å². The van der Waals surface area contributed by atoms with Crippen molar-refractivity contribution < 1.29 is 4.79 Å². The summed E-state index contributed by atoms with van der Waals surface area (Å²) < 4.78 is 0. The van der Waals surface area contributed by atoms with Crippen molar-refractivity contribution in [3.05, 3.63) is 75.6 Å². The van der Waals surface area contributed by atoms with E-state index >= 15 is 0 Å². The summed E-state index contributed by atoms with van der Waals surface area (Å²) in [6, 6.07) is 12.1. The van der Waals surface area contributed by atoms with Gasteiger partial charge in [-0.3, -0.25) is 9.78 Å². The number of hydrogen-bond donors (Lipinski definition) is 1. The summed E-state index contributed by atoms with van der Waals surface area (Å²) in [5.74, 6) is -0.0199. The number of rotatable bonds is 4. The fourth-order valence-corrected chi connectivity index (χ4v) is 4.03. The van der Waals surface area contributed by atoms with E-state index in [1.54, 1.807) is 17.5 Å². The molecular weight excluding hydrogens is 328 g/mol. The van der Waals surface area contributed by atoms with E-state index < -0.39 is 0 Å². The van der Waals surface area contributed by atoms with E-state index in [0.29, 0.717) is 6.54 Å². The van der Waals surface area contributed by atoms with Gasteiger partial charge in [0, 0.05) is 29.2 Å². The molecule has 0 bridgehead atoms. The van der Waals surface area contributed by atoms with Crippen LogP contribution in [0.3, 0.4) is 0 Å². The molecule has 3 aromatic rings. The average Bonchev–Trinajstić information content (AvgIpc) is 3.20. The fourth-order valence-electron chi connectivity index (χ4n) is 3.39. The van der Waals surface area contributed by atoms with Crippen LogP contribution < -0.4 is 5.32 Å². The lowest BCUT2D eigenvalue weighted by Gasteiger charge is -2.16. The molecule has 25 heavy (non-hydrogen) atoms. The van der Waals surface area contributed by atoms with Crippen molar-refractivity contribution in [1.82, 2.24) is 10.3 Å². The van der Waals surface area contributed by atoms with Crippen molar-refractivity contribution in [2.45, 2.75) is 32.2 Å². The molecule has 0 fully saturated rings. The molecule has 0 spiro atoms. The van der Waals surface area contributed by atoms with Gasteiger partial charge < -0.3 is 5.32 Å². The third kappa shape index (κ3) is 3.49. The first-order chi connectivity index (χ1) is 12.3. The summed E-state index contributed by atoms with van der Waals surface area (Å²) in [5.41, 5.74) is 6.56. The van der Waals surface area contributed by atoms with Crippen LogP contribution in [0.25, 0.3) is 11.3 Å². The minimum atomic E-state index is -0.0199. The number of hydrogen-bond acceptors (Lipinski definition) is 3. The topological polar surface area (TPSA) is 42.0 Å². The van der Waals surface area contributed by atoms with E-state index in [9.17, 15) is 4.79 Å². The molecular formula is C21H20N2OS. The number of pyridine rings is 1. The minimum Gasteiger partial charge on any atom is -0.348 e. The Labute approximate surface area is 151 Å².